The average Bonchev–Trinajstić information content (AvgIpc) is 2.65. The summed E-state index contributed by atoms with van der Waals surface area (Å²) in [4.78, 5) is 4.14. The second-order valence-corrected chi connectivity index (χ2v) is 4.80. The summed E-state index contributed by atoms with van der Waals surface area (Å²) >= 11 is 12.0. The van der Waals surface area contributed by atoms with Crippen LogP contribution in [0.15, 0.2) is 11.1 Å². The Morgan fingerprint density at radius 1 is 1.40 bits per heavy atom. The second-order valence-electron chi connectivity index (χ2n) is 4.03. The summed E-state index contributed by atoms with van der Waals surface area (Å²) in [5.74, 6) is 0.740. The molecule has 0 aliphatic heterocycles. The highest BCUT2D eigenvalue weighted by atomic mass is 127. The van der Waals surface area contributed by atoms with Crippen LogP contribution >= 0.6 is 47.2 Å². The maximum atomic E-state index is 6.01. The highest BCUT2D eigenvalue weighted by Crippen LogP contribution is 2.24. The molecule has 0 amide bonds. The van der Waals surface area contributed by atoms with E-state index in [-0.39, 0.29) is 24.0 Å². The molecule has 1 aromatic heterocycles. The first-order chi connectivity index (χ1) is 9.10. The number of nitrogens with one attached hydrogen (secondary N) is 2. The van der Waals surface area contributed by atoms with E-state index >= 15 is 0 Å². The third kappa shape index (κ3) is 6.07. The molecule has 1 heterocycles. The average molecular weight is 435 g/mol. The number of aromatic nitrogens is 1. The molecule has 8 heteroatoms. The third-order valence-corrected chi connectivity index (χ3v) is 3.54. The highest BCUT2D eigenvalue weighted by Gasteiger charge is 2.09. The van der Waals surface area contributed by atoms with Crippen LogP contribution in [0.1, 0.15) is 12.1 Å². The van der Waals surface area contributed by atoms with Crippen LogP contribution in [0.25, 0.3) is 0 Å². The van der Waals surface area contributed by atoms with Crippen LogP contribution in [0.5, 0.6) is 0 Å². The minimum Gasteiger partial charge on any atom is -0.385 e. The summed E-state index contributed by atoms with van der Waals surface area (Å²) in [5.41, 5.74) is 0.995. The molecule has 0 aliphatic carbocycles. The molecule has 1 aromatic rings. The Hall–Kier alpha value is -0.180. The van der Waals surface area contributed by atoms with E-state index in [9.17, 15) is 0 Å². The quantitative estimate of drug-likeness (QED) is 0.313. The maximum absolute atomic E-state index is 6.01. The van der Waals surface area contributed by atoms with Crippen molar-refractivity contribution in [3.8, 4) is 0 Å². The van der Waals surface area contributed by atoms with Crippen LogP contribution in [-0.4, -0.2) is 37.8 Å². The highest BCUT2D eigenvalue weighted by molar-refractivity contribution is 14.0. The lowest BCUT2D eigenvalue weighted by Crippen LogP contribution is -2.37. The number of nitrogens with zero attached hydrogens (tertiary/aromatic N) is 2. The molecule has 0 bridgehead atoms. The molecule has 0 saturated carbocycles. The number of methoxy groups -OCH3 is 1. The first-order valence-corrected chi connectivity index (χ1v) is 6.78. The molecule has 0 radical (unpaired) electrons. The SMILES string of the molecule is CN=C(NCCCOC)NCc1cc(Cl)c(Cl)n1C.I. The largest absolute Gasteiger partial charge is 0.385 e. The van der Waals surface area contributed by atoms with Gasteiger partial charge in [-0.05, 0) is 12.5 Å². The summed E-state index contributed by atoms with van der Waals surface area (Å²) in [6, 6.07) is 1.84. The third-order valence-electron chi connectivity index (χ3n) is 2.69. The molecule has 20 heavy (non-hydrogen) atoms. The van der Waals surface area contributed by atoms with Crippen LogP contribution < -0.4 is 10.6 Å². The fourth-order valence-corrected chi connectivity index (χ4v) is 1.99. The Morgan fingerprint density at radius 3 is 2.60 bits per heavy atom. The van der Waals surface area contributed by atoms with E-state index in [0.717, 1.165) is 31.2 Å². The number of halogens is 3. The smallest absolute Gasteiger partial charge is 0.191 e. The van der Waals surface area contributed by atoms with Gasteiger partial charge in [0.25, 0.3) is 0 Å². The van der Waals surface area contributed by atoms with Gasteiger partial charge < -0.3 is 19.9 Å². The lowest BCUT2D eigenvalue weighted by atomic mass is 10.4. The number of hydrogen-bond acceptors (Lipinski definition) is 2. The fourth-order valence-electron chi connectivity index (χ4n) is 1.58. The predicted octanol–water partition coefficient (Wildman–Crippen LogP) is 2.65. The Kier molecular flexibility index (Phi) is 10.4. The van der Waals surface area contributed by atoms with Gasteiger partial charge in [-0.2, -0.15) is 0 Å². The lowest BCUT2D eigenvalue weighted by molar-refractivity contribution is 0.195. The van der Waals surface area contributed by atoms with Crippen molar-refractivity contribution in [1.29, 1.82) is 0 Å². The van der Waals surface area contributed by atoms with E-state index in [1.807, 2.05) is 17.7 Å². The van der Waals surface area contributed by atoms with E-state index in [1.165, 1.54) is 0 Å². The number of hydrogen-bond donors (Lipinski definition) is 2. The van der Waals surface area contributed by atoms with Gasteiger partial charge in [0, 0.05) is 40.1 Å². The Bertz CT molecular complexity index is 437. The van der Waals surface area contributed by atoms with Gasteiger partial charge in [-0.15, -0.1) is 24.0 Å². The van der Waals surface area contributed by atoms with Crippen LogP contribution in [0.4, 0.5) is 0 Å². The zero-order chi connectivity index (χ0) is 14.3. The molecule has 0 saturated heterocycles. The standard InChI is InChI=1S/C12H20Cl2N4O.HI/c1-15-12(16-5-4-6-19-3)17-8-9-7-10(13)11(14)18(9)2;/h7H,4-6,8H2,1-3H3,(H2,15,16,17);1H. The van der Waals surface area contributed by atoms with E-state index in [4.69, 9.17) is 27.9 Å². The maximum Gasteiger partial charge on any atom is 0.191 e. The van der Waals surface area contributed by atoms with Crippen molar-refractivity contribution in [2.45, 2.75) is 13.0 Å². The van der Waals surface area contributed by atoms with E-state index < -0.39 is 0 Å². The fraction of sp³-hybridized carbons (Fsp3) is 0.583. The van der Waals surface area contributed by atoms with Crippen LogP contribution in [0, 0.1) is 0 Å². The monoisotopic (exact) mass is 434 g/mol. The summed E-state index contributed by atoms with van der Waals surface area (Å²) in [5, 5.41) is 7.51. The van der Waals surface area contributed by atoms with Gasteiger partial charge in [0.2, 0.25) is 0 Å². The summed E-state index contributed by atoms with van der Waals surface area (Å²) in [6.07, 6.45) is 0.930. The van der Waals surface area contributed by atoms with Crippen molar-refractivity contribution in [3.63, 3.8) is 0 Å². The summed E-state index contributed by atoms with van der Waals surface area (Å²) in [6.45, 7) is 2.14. The molecular weight excluding hydrogens is 414 g/mol. The zero-order valence-electron chi connectivity index (χ0n) is 11.9. The molecule has 0 atom stereocenters. The van der Waals surface area contributed by atoms with Crippen molar-refractivity contribution in [3.05, 3.63) is 21.9 Å². The van der Waals surface area contributed by atoms with Gasteiger partial charge in [0.05, 0.1) is 11.6 Å². The van der Waals surface area contributed by atoms with E-state index in [2.05, 4.69) is 15.6 Å². The van der Waals surface area contributed by atoms with Crippen molar-refractivity contribution >= 4 is 53.1 Å². The minimum absolute atomic E-state index is 0. The molecule has 2 N–H and O–H groups in total. The van der Waals surface area contributed by atoms with E-state index in [1.54, 1.807) is 14.2 Å². The Labute approximate surface area is 147 Å². The minimum atomic E-state index is 0. The Morgan fingerprint density at radius 2 is 2.10 bits per heavy atom. The Balaban J connectivity index is 0.00000361. The van der Waals surface area contributed by atoms with Gasteiger partial charge in [0.15, 0.2) is 5.96 Å². The van der Waals surface area contributed by atoms with Gasteiger partial charge in [0.1, 0.15) is 5.15 Å². The normalized spacial score (nSPS) is 11.2. The number of ether oxygens (including phenoxy) is 1. The molecule has 0 spiro atoms. The molecule has 0 fully saturated rings. The van der Waals surface area contributed by atoms with Crippen molar-refractivity contribution in [2.24, 2.45) is 12.0 Å². The van der Waals surface area contributed by atoms with Crippen molar-refractivity contribution < 1.29 is 4.74 Å². The number of rotatable bonds is 6. The first kappa shape index (κ1) is 19.8. The molecule has 0 aliphatic rings. The molecule has 0 unspecified atom stereocenters. The van der Waals surface area contributed by atoms with Crippen molar-refractivity contribution in [1.82, 2.24) is 15.2 Å². The molecule has 1 rings (SSSR count). The summed E-state index contributed by atoms with van der Waals surface area (Å²) in [7, 11) is 5.30. The molecule has 116 valence electrons. The van der Waals surface area contributed by atoms with Crippen LogP contribution in [-0.2, 0) is 18.3 Å². The lowest BCUT2D eigenvalue weighted by Gasteiger charge is -2.12. The first-order valence-electron chi connectivity index (χ1n) is 6.03. The second kappa shape index (κ2) is 10.5. The number of aliphatic imine (C=N–C) groups is 1. The topological polar surface area (TPSA) is 50.6 Å². The van der Waals surface area contributed by atoms with E-state index in [0.29, 0.717) is 16.7 Å². The van der Waals surface area contributed by atoms with Crippen molar-refractivity contribution in [2.75, 3.05) is 27.3 Å². The molecular formula is C12H21Cl2IN4O. The molecule has 0 aromatic carbocycles. The van der Waals surface area contributed by atoms with Crippen LogP contribution in [0.3, 0.4) is 0 Å². The number of guanidine groups is 1. The van der Waals surface area contributed by atoms with Crippen LogP contribution in [0.2, 0.25) is 10.2 Å². The molecule has 5 nitrogen and oxygen atoms in total. The van der Waals surface area contributed by atoms with Gasteiger partial charge in [-0.3, -0.25) is 4.99 Å². The van der Waals surface area contributed by atoms with Gasteiger partial charge in [-0.25, -0.2) is 0 Å². The van der Waals surface area contributed by atoms with Gasteiger partial charge >= 0.3 is 0 Å². The zero-order valence-corrected chi connectivity index (χ0v) is 15.7. The van der Waals surface area contributed by atoms with Gasteiger partial charge in [-0.1, -0.05) is 23.2 Å². The summed E-state index contributed by atoms with van der Waals surface area (Å²) < 4.78 is 6.83. The predicted molar refractivity (Wildman–Crippen MR) is 95.5 cm³/mol.